The van der Waals surface area contributed by atoms with Crippen LogP contribution in [0.3, 0.4) is 0 Å². The van der Waals surface area contributed by atoms with Gasteiger partial charge in [0.2, 0.25) is 0 Å². The van der Waals surface area contributed by atoms with Gasteiger partial charge in [0.25, 0.3) is 10.0 Å². The van der Waals surface area contributed by atoms with Crippen LogP contribution >= 0.6 is 11.6 Å². The van der Waals surface area contributed by atoms with Gasteiger partial charge < -0.3 is 15.0 Å². The van der Waals surface area contributed by atoms with Crippen LogP contribution in [0.1, 0.15) is 18.4 Å². The van der Waals surface area contributed by atoms with Crippen molar-refractivity contribution in [3.63, 3.8) is 0 Å². The number of aromatic nitrogens is 1. The summed E-state index contributed by atoms with van der Waals surface area (Å²) in [5.41, 5.74) is 2.14. The Balaban J connectivity index is 1.74. The van der Waals surface area contributed by atoms with E-state index in [4.69, 9.17) is 16.3 Å². The molecule has 160 valence electrons. The van der Waals surface area contributed by atoms with Crippen molar-refractivity contribution in [2.75, 3.05) is 32.6 Å². The van der Waals surface area contributed by atoms with Gasteiger partial charge in [0.1, 0.15) is 5.75 Å². The van der Waals surface area contributed by atoms with Crippen LogP contribution < -0.4 is 10.1 Å². The zero-order chi connectivity index (χ0) is 21.5. The maximum atomic E-state index is 13.5. The SMILES string of the molecule is COc1ccc(S(=O)(=O)n2cc(C)c3ccc(Cl)cc32)cc1NC1CCN(C)CC1. The van der Waals surface area contributed by atoms with Crippen LogP contribution in [0.5, 0.6) is 5.75 Å². The number of nitrogens with zero attached hydrogens (tertiary/aromatic N) is 2. The van der Waals surface area contributed by atoms with Crippen LogP contribution in [0.15, 0.2) is 47.5 Å². The lowest BCUT2D eigenvalue weighted by Crippen LogP contribution is -2.36. The number of benzene rings is 2. The Bertz CT molecular complexity index is 1180. The van der Waals surface area contributed by atoms with Crippen LogP contribution in [0, 0.1) is 6.92 Å². The summed E-state index contributed by atoms with van der Waals surface area (Å²) in [5, 5.41) is 4.85. The largest absolute Gasteiger partial charge is 0.495 e. The third-order valence-corrected chi connectivity index (χ3v) is 7.64. The number of halogens is 1. The number of likely N-dealkylation sites (tertiary alicyclic amines) is 1. The monoisotopic (exact) mass is 447 g/mol. The molecule has 0 unspecified atom stereocenters. The van der Waals surface area contributed by atoms with Crippen molar-refractivity contribution >= 4 is 38.2 Å². The first-order valence-electron chi connectivity index (χ1n) is 9.95. The molecule has 1 aliphatic rings. The Kier molecular flexibility index (Phi) is 5.70. The van der Waals surface area contributed by atoms with Crippen molar-refractivity contribution in [1.29, 1.82) is 0 Å². The molecule has 3 aromatic rings. The average Bonchev–Trinajstić information content (AvgIpc) is 3.06. The number of methoxy groups -OCH3 is 1. The van der Waals surface area contributed by atoms with Crippen LogP contribution in [-0.4, -0.2) is 50.6 Å². The average molecular weight is 448 g/mol. The van der Waals surface area contributed by atoms with Gasteiger partial charge in [0, 0.05) is 22.6 Å². The van der Waals surface area contributed by atoms with Crippen LogP contribution in [0.2, 0.25) is 5.02 Å². The van der Waals surface area contributed by atoms with E-state index in [1.165, 1.54) is 3.97 Å². The highest BCUT2D eigenvalue weighted by atomic mass is 35.5. The molecule has 0 radical (unpaired) electrons. The van der Waals surface area contributed by atoms with E-state index in [-0.39, 0.29) is 10.9 Å². The van der Waals surface area contributed by atoms with Gasteiger partial charge in [-0.2, -0.15) is 0 Å². The number of fused-ring (bicyclic) bond motifs is 1. The predicted octanol–water partition coefficient (Wildman–Crippen LogP) is 4.35. The van der Waals surface area contributed by atoms with Gasteiger partial charge in [-0.15, -0.1) is 0 Å². The maximum absolute atomic E-state index is 13.5. The van der Waals surface area contributed by atoms with E-state index in [2.05, 4.69) is 17.3 Å². The summed E-state index contributed by atoms with van der Waals surface area (Å²) in [4.78, 5) is 2.50. The quantitative estimate of drug-likeness (QED) is 0.629. The summed E-state index contributed by atoms with van der Waals surface area (Å²) < 4.78 is 33.8. The van der Waals surface area contributed by atoms with E-state index in [0.717, 1.165) is 36.9 Å². The Morgan fingerprint density at radius 3 is 2.57 bits per heavy atom. The van der Waals surface area contributed by atoms with Crippen LogP contribution in [-0.2, 0) is 10.0 Å². The third kappa shape index (κ3) is 3.89. The fourth-order valence-electron chi connectivity index (χ4n) is 3.98. The fraction of sp³-hybridized carbons (Fsp3) is 0.364. The number of anilines is 1. The molecule has 4 rings (SSSR count). The number of nitrogens with one attached hydrogen (secondary N) is 1. The molecule has 2 heterocycles. The topological polar surface area (TPSA) is 63.6 Å². The lowest BCUT2D eigenvalue weighted by atomic mass is 10.1. The van der Waals surface area contributed by atoms with Gasteiger partial charge in [-0.1, -0.05) is 17.7 Å². The van der Waals surface area contributed by atoms with Crippen molar-refractivity contribution in [3.8, 4) is 5.75 Å². The normalized spacial score (nSPS) is 16.1. The number of hydrogen-bond acceptors (Lipinski definition) is 5. The number of ether oxygens (including phenoxy) is 1. The van der Waals surface area contributed by atoms with Crippen molar-refractivity contribution in [2.45, 2.75) is 30.7 Å². The molecule has 1 N–H and O–H groups in total. The molecule has 6 nitrogen and oxygen atoms in total. The molecule has 0 bridgehead atoms. The minimum atomic E-state index is -3.80. The second-order valence-electron chi connectivity index (χ2n) is 7.86. The Labute approximate surface area is 182 Å². The van der Waals surface area contributed by atoms with E-state index < -0.39 is 10.0 Å². The van der Waals surface area contributed by atoms with E-state index in [0.29, 0.717) is 22.0 Å². The highest BCUT2D eigenvalue weighted by Gasteiger charge is 2.23. The second kappa shape index (κ2) is 8.13. The minimum absolute atomic E-state index is 0.204. The molecule has 1 saturated heterocycles. The fourth-order valence-corrected chi connectivity index (χ4v) is 5.59. The molecular formula is C22H26ClN3O3S. The van der Waals surface area contributed by atoms with Gasteiger partial charge in [0.15, 0.2) is 0 Å². The predicted molar refractivity (Wildman–Crippen MR) is 121 cm³/mol. The molecular weight excluding hydrogens is 422 g/mol. The summed E-state index contributed by atoms with van der Waals surface area (Å²) in [6.07, 6.45) is 3.64. The highest BCUT2D eigenvalue weighted by Crippen LogP contribution is 2.33. The molecule has 30 heavy (non-hydrogen) atoms. The van der Waals surface area contributed by atoms with Crippen molar-refractivity contribution in [2.24, 2.45) is 0 Å². The molecule has 0 amide bonds. The van der Waals surface area contributed by atoms with Gasteiger partial charge in [0.05, 0.1) is 23.2 Å². The van der Waals surface area contributed by atoms with E-state index in [1.54, 1.807) is 43.6 Å². The van der Waals surface area contributed by atoms with E-state index >= 15 is 0 Å². The molecule has 1 aromatic heterocycles. The molecule has 0 saturated carbocycles. The van der Waals surface area contributed by atoms with E-state index in [9.17, 15) is 8.42 Å². The molecule has 2 aromatic carbocycles. The zero-order valence-corrected chi connectivity index (χ0v) is 18.9. The lowest BCUT2D eigenvalue weighted by molar-refractivity contribution is 0.263. The Morgan fingerprint density at radius 1 is 1.13 bits per heavy atom. The van der Waals surface area contributed by atoms with Crippen molar-refractivity contribution < 1.29 is 13.2 Å². The zero-order valence-electron chi connectivity index (χ0n) is 17.4. The van der Waals surface area contributed by atoms with Crippen molar-refractivity contribution in [3.05, 3.63) is 53.2 Å². The number of rotatable bonds is 5. The molecule has 1 fully saturated rings. The van der Waals surface area contributed by atoms with E-state index in [1.807, 2.05) is 13.0 Å². The summed E-state index contributed by atoms with van der Waals surface area (Å²) in [7, 11) is -0.102. The minimum Gasteiger partial charge on any atom is -0.495 e. The summed E-state index contributed by atoms with van der Waals surface area (Å²) in [5.74, 6) is 0.629. The van der Waals surface area contributed by atoms with Crippen LogP contribution in [0.4, 0.5) is 5.69 Å². The maximum Gasteiger partial charge on any atom is 0.268 e. The summed E-state index contributed by atoms with van der Waals surface area (Å²) in [6, 6.07) is 10.5. The van der Waals surface area contributed by atoms with Crippen LogP contribution in [0.25, 0.3) is 10.9 Å². The Morgan fingerprint density at radius 2 is 1.87 bits per heavy atom. The molecule has 0 atom stereocenters. The third-order valence-electron chi connectivity index (χ3n) is 5.74. The molecule has 0 aliphatic carbocycles. The lowest BCUT2D eigenvalue weighted by Gasteiger charge is -2.30. The standard InChI is InChI=1S/C22H26ClN3O3S/c1-15-14-26(21-12-16(23)4-6-19(15)21)30(27,28)18-5-7-22(29-3)20(13-18)24-17-8-10-25(2)11-9-17/h4-7,12-14,17,24H,8-11H2,1-3H3. The molecule has 0 spiro atoms. The highest BCUT2D eigenvalue weighted by molar-refractivity contribution is 7.90. The van der Waals surface area contributed by atoms with Gasteiger partial charge >= 0.3 is 0 Å². The number of aryl methyl sites for hydroxylation is 1. The van der Waals surface area contributed by atoms with Crippen molar-refractivity contribution in [1.82, 2.24) is 8.87 Å². The summed E-state index contributed by atoms with van der Waals surface area (Å²) in [6.45, 7) is 3.91. The summed E-state index contributed by atoms with van der Waals surface area (Å²) >= 11 is 6.14. The first kappa shape index (κ1) is 21.0. The molecule has 8 heteroatoms. The number of piperidine rings is 1. The number of hydrogen-bond donors (Lipinski definition) is 1. The molecule has 1 aliphatic heterocycles. The smallest absolute Gasteiger partial charge is 0.268 e. The first-order valence-corrected chi connectivity index (χ1v) is 11.8. The van der Waals surface area contributed by atoms with Gasteiger partial charge in [-0.3, -0.25) is 0 Å². The van der Waals surface area contributed by atoms with Gasteiger partial charge in [-0.25, -0.2) is 12.4 Å². The van der Waals surface area contributed by atoms with Gasteiger partial charge in [-0.05, 0) is 75.8 Å². The second-order valence-corrected chi connectivity index (χ2v) is 10.1. The Hall–Kier alpha value is -2.22. The first-order chi connectivity index (χ1) is 14.3.